The quantitative estimate of drug-likeness (QED) is 0.849. The van der Waals surface area contributed by atoms with Crippen LogP contribution in [0.4, 0.5) is 0 Å². The van der Waals surface area contributed by atoms with E-state index in [1.807, 2.05) is 0 Å². The lowest BCUT2D eigenvalue weighted by atomic mass is 9.95. The summed E-state index contributed by atoms with van der Waals surface area (Å²) in [6, 6.07) is 8.58. The van der Waals surface area contributed by atoms with Crippen LogP contribution in [-0.4, -0.2) is 23.0 Å². The average molecular weight is 233 g/mol. The van der Waals surface area contributed by atoms with Crippen LogP contribution in [0.1, 0.15) is 25.7 Å². The second-order valence-corrected chi connectivity index (χ2v) is 4.31. The second kappa shape index (κ2) is 4.99. The molecular weight excluding hydrogens is 218 g/mol. The molecule has 3 aliphatic rings. The molecule has 4 heteroatoms. The number of benzene rings is 1. The average Bonchev–Trinajstić information content (AvgIpc) is 2.67. The molecule has 1 unspecified atom stereocenters. The molecule has 0 bridgehead atoms. The predicted octanol–water partition coefficient (Wildman–Crippen LogP) is 1.80. The van der Waals surface area contributed by atoms with Crippen LogP contribution in [-0.2, 0) is 9.59 Å². The Morgan fingerprint density at radius 2 is 1.88 bits per heavy atom. The van der Waals surface area contributed by atoms with Gasteiger partial charge in [-0.3, -0.25) is 9.59 Å². The Morgan fingerprint density at radius 1 is 1.29 bits per heavy atom. The number of carboxylic acids is 1. The number of amides is 1. The fourth-order valence-electron chi connectivity index (χ4n) is 1.85. The van der Waals surface area contributed by atoms with Gasteiger partial charge in [0.1, 0.15) is 0 Å². The van der Waals surface area contributed by atoms with Gasteiger partial charge in [0.2, 0.25) is 5.91 Å². The molecule has 2 N–H and O–H groups in total. The summed E-state index contributed by atoms with van der Waals surface area (Å²) >= 11 is 0. The number of fused-ring (bicyclic) bond motifs is 1. The largest absolute Gasteiger partial charge is 0.481 e. The zero-order valence-electron chi connectivity index (χ0n) is 9.48. The van der Waals surface area contributed by atoms with Gasteiger partial charge in [0.05, 0.1) is 0 Å². The SMILES string of the molecule is O=C(O)CCC1CCC(=O)N1.c1cc2ccc1-2. The van der Waals surface area contributed by atoms with Crippen LogP contribution in [0.2, 0.25) is 0 Å². The van der Waals surface area contributed by atoms with E-state index in [9.17, 15) is 9.59 Å². The maximum Gasteiger partial charge on any atom is 0.303 e. The molecule has 1 amide bonds. The molecule has 0 aromatic carbocycles. The highest BCUT2D eigenvalue weighted by molar-refractivity contribution is 5.78. The van der Waals surface area contributed by atoms with Crippen molar-refractivity contribution in [3.05, 3.63) is 24.3 Å². The van der Waals surface area contributed by atoms with Gasteiger partial charge in [0.25, 0.3) is 0 Å². The van der Waals surface area contributed by atoms with Crippen molar-refractivity contribution in [2.75, 3.05) is 0 Å². The Morgan fingerprint density at radius 3 is 2.18 bits per heavy atom. The summed E-state index contributed by atoms with van der Waals surface area (Å²) in [6.45, 7) is 0. The van der Waals surface area contributed by atoms with E-state index in [4.69, 9.17) is 5.11 Å². The smallest absolute Gasteiger partial charge is 0.303 e. The van der Waals surface area contributed by atoms with Crippen molar-refractivity contribution in [1.82, 2.24) is 5.32 Å². The van der Waals surface area contributed by atoms with Crippen LogP contribution < -0.4 is 5.32 Å². The molecule has 1 atom stereocenters. The molecule has 0 aromatic heterocycles. The van der Waals surface area contributed by atoms with E-state index in [-0.39, 0.29) is 18.4 Å². The van der Waals surface area contributed by atoms with Crippen LogP contribution in [0.15, 0.2) is 24.3 Å². The molecule has 1 aliphatic heterocycles. The number of rotatable bonds is 3. The fraction of sp³-hybridized carbons (Fsp3) is 0.385. The maximum atomic E-state index is 10.6. The number of nitrogens with one attached hydrogen (secondary N) is 1. The second-order valence-electron chi connectivity index (χ2n) is 4.31. The van der Waals surface area contributed by atoms with Crippen molar-refractivity contribution in [1.29, 1.82) is 0 Å². The topological polar surface area (TPSA) is 66.4 Å². The van der Waals surface area contributed by atoms with Crippen LogP contribution >= 0.6 is 0 Å². The summed E-state index contributed by atoms with van der Waals surface area (Å²) in [5.41, 5.74) is 2.85. The van der Waals surface area contributed by atoms with Gasteiger partial charge in [-0.15, -0.1) is 0 Å². The van der Waals surface area contributed by atoms with E-state index < -0.39 is 5.97 Å². The highest BCUT2D eigenvalue weighted by Crippen LogP contribution is 2.29. The summed E-state index contributed by atoms with van der Waals surface area (Å²) in [6.07, 6.45) is 2.03. The Balaban J connectivity index is 0.000000148. The van der Waals surface area contributed by atoms with Crippen LogP contribution in [0, 0.1) is 0 Å². The van der Waals surface area contributed by atoms with Crippen molar-refractivity contribution >= 4 is 11.9 Å². The number of carboxylic acid groups (broad SMARTS) is 1. The lowest BCUT2D eigenvalue weighted by molar-refractivity contribution is -0.137. The van der Waals surface area contributed by atoms with Crippen molar-refractivity contribution < 1.29 is 14.7 Å². The van der Waals surface area contributed by atoms with E-state index in [1.54, 1.807) is 0 Å². The zero-order chi connectivity index (χ0) is 12.3. The fourth-order valence-corrected chi connectivity index (χ4v) is 1.85. The van der Waals surface area contributed by atoms with Gasteiger partial charge in [-0.25, -0.2) is 0 Å². The zero-order valence-corrected chi connectivity index (χ0v) is 9.48. The number of hydrogen-bond acceptors (Lipinski definition) is 2. The molecule has 90 valence electrons. The first-order chi connectivity index (χ1) is 8.15. The molecule has 4 nitrogen and oxygen atoms in total. The third kappa shape index (κ3) is 3.06. The minimum atomic E-state index is -0.800. The van der Waals surface area contributed by atoms with Crippen LogP contribution in [0.25, 0.3) is 11.1 Å². The highest BCUT2D eigenvalue weighted by Gasteiger charge is 2.20. The van der Waals surface area contributed by atoms with Crippen molar-refractivity contribution in [3.8, 4) is 11.1 Å². The standard InChI is InChI=1S/C7H11NO3.C6H4/c9-6-3-1-5(8-6)2-4-7(10)11;1-2-6-4-3-5(1)6/h5H,1-4H2,(H,8,9)(H,10,11);1-4H. The maximum absolute atomic E-state index is 10.6. The lowest BCUT2D eigenvalue weighted by Crippen LogP contribution is -2.25. The Labute approximate surface area is 99.6 Å². The van der Waals surface area contributed by atoms with Gasteiger partial charge < -0.3 is 10.4 Å². The third-order valence-corrected chi connectivity index (χ3v) is 3.01. The molecule has 3 rings (SSSR count). The van der Waals surface area contributed by atoms with Gasteiger partial charge in [-0.1, -0.05) is 24.3 Å². The molecule has 0 radical (unpaired) electrons. The molecule has 0 spiro atoms. The highest BCUT2D eigenvalue weighted by atomic mass is 16.4. The Bertz CT molecular complexity index is 404. The normalized spacial score (nSPS) is 19.1. The molecule has 0 saturated carbocycles. The molecule has 1 fully saturated rings. The predicted molar refractivity (Wildman–Crippen MR) is 63.5 cm³/mol. The van der Waals surface area contributed by atoms with Gasteiger partial charge in [-0.05, 0) is 24.0 Å². The summed E-state index contributed by atoms with van der Waals surface area (Å²) < 4.78 is 0. The molecule has 2 aliphatic carbocycles. The van der Waals surface area contributed by atoms with Crippen molar-refractivity contribution in [2.24, 2.45) is 0 Å². The minimum absolute atomic E-state index is 0.0420. The summed E-state index contributed by atoms with van der Waals surface area (Å²) in [5.74, 6) is -0.758. The first kappa shape index (κ1) is 11.6. The van der Waals surface area contributed by atoms with Crippen molar-refractivity contribution in [2.45, 2.75) is 31.7 Å². The van der Waals surface area contributed by atoms with E-state index in [0.717, 1.165) is 6.42 Å². The molecular formula is C13H15NO3. The van der Waals surface area contributed by atoms with Crippen molar-refractivity contribution in [3.63, 3.8) is 0 Å². The number of carbonyl (C=O) groups is 2. The van der Waals surface area contributed by atoms with E-state index in [2.05, 4.69) is 29.6 Å². The number of hydrogen-bond donors (Lipinski definition) is 2. The van der Waals surface area contributed by atoms with E-state index in [1.165, 1.54) is 11.1 Å². The van der Waals surface area contributed by atoms with Gasteiger partial charge in [0.15, 0.2) is 0 Å². The van der Waals surface area contributed by atoms with E-state index >= 15 is 0 Å². The van der Waals surface area contributed by atoms with Gasteiger partial charge in [0, 0.05) is 18.9 Å². The molecule has 0 aromatic rings. The first-order valence-electron chi connectivity index (χ1n) is 5.77. The summed E-state index contributed by atoms with van der Waals surface area (Å²) in [5, 5.41) is 11.0. The molecule has 1 saturated heterocycles. The van der Waals surface area contributed by atoms with Gasteiger partial charge in [-0.2, -0.15) is 0 Å². The molecule has 17 heavy (non-hydrogen) atoms. The lowest BCUT2D eigenvalue weighted by Gasteiger charge is -2.10. The number of carbonyl (C=O) groups excluding carboxylic acids is 1. The van der Waals surface area contributed by atoms with Crippen LogP contribution in [0.3, 0.4) is 0 Å². The van der Waals surface area contributed by atoms with Crippen LogP contribution in [0.5, 0.6) is 0 Å². The Kier molecular flexibility index (Phi) is 3.42. The third-order valence-electron chi connectivity index (χ3n) is 3.01. The monoisotopic (exact) mass is 233 g/mol. The number of aliphatic carboxylic acids is 1. The Hall–Kier alpha value is -1.84. The first-order valence-corrected chi connectivity index (χ1v) is 5.77. The van der Waals surface area contributed by atoms with Gasteiger partial charge >= 0.3 is 5.97 Å². The van der Waals surface area contributed by atoms with E-state index in [0.29, 0.717) is 12.8 Å². The summed E-state index contributed by atoms with van der Waals surface area (Å²) in [4.78, 5) is 20.8. The summed E-state index contributed by atoms with van der Waals surface area (Å²) in [7, 11) is 0. The minimum Gasteiger partial charge on any atom is -0.481 e. The molecule has 1 heterocycles.